The van der Waals surface area contributed by atoms with Crippen molar-refractivity contribution in [1.29, 1.82) is 5.26 Å². The van der Waals surface area contributed by atoms with Crippen molar-refractivity contribution in [2.24, 2.45) is 0 Å². The lowest BCUT2D eigenvalue weighted by Gasteiger charge is -2.17. The second-order valence-electron chi connectivity index (χ2n) is 3.74. The molecule has 0 aliphatic carbocycles. The molecular formula is C12H16N2. The molecule has 0 radical (unpaired) electrons. The molecule has 0 aromatic heterocycles. The Morgan fingerprint density at radius 1 is 1.36 bits per heavy atom. The molecule has 1 atom stereocenters. The Hall–Kier alpha value is -1.33. The number of likely N-dealkylation sites (N-methyl/N-ethyl adjacent to an activating group) is 1. The molecule has 2 heteroatoms. The largest absolute Gasteiger partial charge is 0.294 e. The van der Waals surface area contributed by atoms with Gasteiger partial charge in [-0.3, -0.25) is 4.90 Å². The van der Waals surface area contributed by atoms with E-state index >= 15 is 0 Å². The van der Waals surface area contributed by atoms with Crippen molar-refractivity contribution < 1.29 is 0 Å². The zero-order valence-electron chi connectivity index (χ0n) is 8.99. The van der Waals surface area contributed by atoms with E-state index in [1.807, 2.05) is 31.1 Å². The molecule has 1 rings (SSSR count). The maximum absolute atomic E-state index is 8.96. The molecule has 0 bridgehead atoms. The second-order valence-corrected chi connectivity index (χ2v) is 3.74. The summed E-state index contributed by atoms with van der Waals surface area (Å²) >= 11 is 0. The van der Waals surface area contributed by atoms with Crippen LogP contribution in [0.3, 0.4) is 0 Å². The predicted octanol–water partition coefficient (Wildman–Crippen LogP) is 1.99. The first-order chi connectivity index (χ1) is 6.65. The van der Waals surface area contributed by atoms with Crippen LogP contribution in [0.15, 0.2) is 24.3 Å². The van der Waals surface area contributed by atoms with Gasteiger partial charge in [-0.2, -0.15) is 5.26 Å². The molecular weight excluding hydrogens is 172 g/mol. The first-order valence-corrected chi connectivity index (χ1v) is 4.75. The van der Waals surface area contributed by atoms with Crippen LogP contribution in [0.1, 0.15) is 11.1 Å². The van der Waals surface area contributed by atoms with Crippen LogP contribution >= 0.6 is 0 Å². The number of benzene rings is 1. The Labute approximate surface area is 85.8 Å². The van der Waals surface area contributed by atoms with Gasteiger partial charge in [0, 0.05) is 6.42 Å². The molecule has 14 heavy (non-hydrogen) atoms. The zero-order valence-corrected chi connectivity index (χ0v) is 8.99. The predicted molar refractivity (Wildman–Crippen MR) is 58.0 cm³/mol. The van der Waals surface area contributed by atoms with Gasteiger partial charge in [0.2, 0.25) is 0 Å². The maximum atomic E-state index is 8.96. The summed E-state index contributed by atoms with van der Waals surface area (Å²) in [5.74, 6) is 0. The third kappa shape index (κ3) is 2.58. The van der Waals surface area contributed by atoms with Gasteiger partial charge in [-0.15, -0.1) is 0 Å². The van der Waals surface area contributed by atoms with E-state index in [-0.39, 0.29) is 6.04 Å². The summed E-state index contributed by atoms with van der Waals surface area (Å²) in [7, 11) is 3.87. The smallest absolute Gasteiger partial charge is 0.101 e. The van der Waals surface area contributed by atoms with Gasteiger partial charge < -0.3 is 0 Å². The SMILES string of the molecule is Cc1ccccc1CC(C#N)N(C)C. The molecule has 1 aromatic carbocycles. The van der Waals surface area contributed by atoms with Crippen molar-refractivity contribution in [3.63, 3.8) is 0 Å². The molecule has 0 saturated heterocycles. The summed E-state index contributed by atoms with van der Waals surface area (Å²) in [5.41, 5.74) is 2.52. The lowest BCUT2D eigenvalue weighted by atomic mass is 10.0. The van der Waals surface area contributed by atoms with Gasteiger partial charge in [-0.1, -0.05) is 24.3 Å². The van der Waals surface area contributed by atoms with Crippen LogP contribution in [0, 0.1) is 18.3 Å². The van der Waals surface area contributed by atoms with Crippen molar-refractivity contribution in [1.82, 2.24) is 4.90 Å². The normalized spacial score (nSPS) is 12.5. The minimum absolute atomic E-state index is 0.0314. The van der Waals surface area contributed by atoms with Crippen molar-refractivity contribution in [3.8, 4) is 6.07 Å². The van der Waals surface area contributed by atoms with Gasteiger partial charge in [0.25, 0.3) is 0 Å². The zero-order chi connectivity index (χ0) is 10.6. The van der Waals surface area contributed by atoms with Crippen molar-refractivity contribution in [2.75, 3.05) is 14.1 Å². The molecule has 0 saturated carbocycles. The number of hydrogen-bond donors (Lipinski definition) is 0. The molecule has 74 valence electrons. The van der Waals surface area contributed by atoms with E-state index in [4.69, 9.17) is 5.26 Å². The fraction of sp³-hybridized carbons (Fsp3) is 0.417. The first-order valence-electron chi connectivity index (χ1n) is 4.75. The van der Waals surface area contributed by atoms with Crippen LogP contribution in [0.2, 0.25) is 0 Å². The van der Waals surface area contributed by atoms with Crippen LogP contribution < -0.4 is 0 Å². The van der Waals surface area contributed by atoms with Crippen LogP contribution in [-0.2, 0) is 6.42 Å². The highest BCUT2D eigenvalue weighted by Gasteiger charge is 2.11. The highest BCUT2D eigenvalue weighted by Crippen LogP contribution is 2.11. The molecule has 0 N–H and O–H groups in total. The van der Waals surface area contributed by atoms with Gasteiger partial charge in [-0.05, 0) is 32.1 Å². The van der Waals surface area contributed by atoms with E-state index < -0.39 is 0 Å². The summed E-state index contributed by atoms with van der Waals surface area (Å²) in [6.07, 6.45) is 0.802. The van der Waals surface area contributed by atoms with Crippen LogP contribution in [0.4, 0.5) is 0 Å². The Morgan fingerprint density at radius 3 is 2.50 bits per heavy atom. The van der Waals surface area contributed by atoms with Gasteiger partial charge in [0.1, 0.15) is 6.04 Å². The standard InChI is InChI=1S/C12H16N2/c1-10-6-4-5-7-11(10)8-12(9-13)14(2)3/h4-7,12H,8H2,1-3H3. The molecule has 0 aliphatic rings. The molecule has 1 aromatic rings. The lowest BCUT2D eigenvalue weighted by molar-refractivity contribution is 0.348. The minimum Gasteiger partial charge on any atom is -0.294 e. The highest BCUT2D eigenvalue weighted by atomic mass is 15.1. The molecule has 1 unspecified atom stereocenters. The van der Waals surface area contributed by atoms with E-state index in [9.17, 15) is 0 Å². The Bertz CT molecular complexity index is 336. The van der Waals surface area contributed by atoms with E-state index in [0.717, 1.165) is 6.42 Å². The molecule has 0 amide bonds. The van der Waals surface area contributed by atoms with E-state index in [0.29, 0.717) is 0 Å². The van der Waals surface area contributed by atoms with Crippen molar-refractivity contribution >= 4 is 0 Å². The number of nitrogens with zero attached hydrogens (tertiary/aromatic N) is 2. The number of hydrogen-bond acceptors (Lipinski definition) is 2. The molecule has 0 aliphatic heterocycles. The van der Waals surface area contributed by atoms with E-state index in [1.54, 1.807) is 0 Å². The molecule has 0 fully saturated rings. The topological polar surface area (TPSA) is 27.0 Å². The molecule has 2 nitrogen and oxygen atoms in total. The Balaban J connectivity index is 2.78. The molecule has 0 heterocycles. The second kappa shape index (κ2) is 4.78. The minimum atomic E-state index is -0.0314. The average molecular weight is 188 g/mol. The van der Waals surface area contributed by atoms with E-state index in [1.165, 1.54) is 11.1 Å². The Morgan fingerprint density at radius 2 is 2.00 bits per heavy atom. The monoisotopic (exact) mass is 188 g/mol. The van der Waals surface area contributed by atoms with Crippen LogP contribution in [0.5, 0.6) is 0 Å². The first kappa shape index (κ1) is 10.7. The third-order valence-electron chi connectivity index (χ3n) is 2.45. The lowest BCUT2D eigenvalue weighted by Crippen LogP contribution is -2.28. The average Bonchev–Trinajstić information content (AvgIpc) is 2.16. The summed E-state index contributed by atoms with van der Waals surface area (Å²) in [4.78, 5) is 1.95. The van der Waals surface area contributed by atoms with Gasteiger partial charge in [0.05, 0.1) is 6.07 Å². The van der Waals surface area contributed by atoms with Crippen molar-refractivity contribution in [3.05, 3.63) is 35.4 Å². The quantitative estimate of drug-likeness (QED) is 0.725. The third-order valence-corrected chi connectivity index (χ3v) is 2.45. The van der Waals surface area contributed by atoms with Crippen LogP contribution in [-0.4, -0.2) is 25.0 Å². The Kier molecular flexibility index (Phi) is 3.67. The fourth-order valence-corrected chi connectivity index (χ4v) is 1.39. The number of nitriles is 1. The van der Waals surface area contributed by atoms with Crippen molar-refractivity contribution in [2.45, 2.75) is 19.4 Å². The van der Waals surface area contributed by atoms with Gasteiger partial charge in [-0.25, -0.2) is 0 Å². The fourth-order valence-electron chi connectivity index (χ4n) is 1.39. The van der Waals surface area contributed by atoms with Gasteiger partial charge >= 0.3 is 0 Å². The summed E-state index contributed by atoms with van der Waals surface area (Å²) in [6.45, 7) is 2.08. The number of aryl methyl sites for hydroxylation is 1. The van der Waals surface area contributed by atoms with E-state index in [2.05, 4.69) is 25.1 Å². The highest BCUT2D eigenvalue weighted by molar-refractivity contribution is 5.27. The summed E-state index contributed by atoms with van der Waals surface area (Å²) in [6, 6.07) is 10.5. The number of rotatable bonds is 3. The maximum Gasteiger partial charge on any atom is 0.101 e. The molecule has 0 spiro atoms. The summed E-state index contributed by atoms with van der Waals surface area (Å²) in [5, 5.41) is 8.96. The van der Waals surface area contributed by atoms with Crippen LogP contribution in [0.25, 0.3) is 0 Å². The summed E-state index contributed by atoms with van der Waals surface area (Å²) < 4.78 is 0. The van der Waals surface area contributed by atoms with Gasteiger partial charge in [0.15, 0.2) is 0 Å².